The molecule has 1 aromatic carbocycles. The molecule has 1 atom stereocenters. The number of nitrogens with one attached hydrogen (secondary N) is 1. The van der Waals surface area contributed by atoms with Gasteiger partial charge in [0, 0.05) is 12.5 Å². The van der Waals surface area contributed by atoms with Crippen molar-refractivity contribution in [2.75, 3.05) is 7.11 Å². The highest BCUT2D eigenvalue weighted by atomic mass is 16.5. The van der Waals surface area contributed by atoms with Crippen LogP contribution in [0.3, 0.4) is 0 Å². The summed E-state index contributed by atoms with van der Waals surface area (Å²) in [6, 6.07) is 1.99. The molecule has 0 aromatic heterocycles. The third-order valence-corrected chi connectivity index (χ3v) is 2.69. The number of aromatic hydroxyl groups is 2. The van der Waals surface area contributed by atoms with Gasteiger partial charge < -0.3 is 25.4 Å². The Morgan fingerprint density at radius 3 is 2.48 bits per heavy atom. The van der Waals surface area contributed by atoms with E-state index in [-0.39, 0.29) is 24.2 Å². The van der Waals surface area contributed by atoms with Crippen LogP contribution in [0.4, 0.5) is 0 Å². The van der Waals surface area contributed by atoms with E-state index in [9.17, 15) is 19.5 Å². The standard InChI is InChI=1S/C13H15NO7/c1-21-11(17)5-4-9(13(19)20)14-12(18)8-3-2-7(15)6-10(8)16/h2-3,6,9,15-16H,4-5H2,1H3,(H,14,18)(H,19,20). The minimum Gasteiger partial charge on any atom is -0.508 e. The number of carboxylic acids is 1. The van der Waals surface area contributed by atoms with Crippen LogP contribution in [-0.4, -0.2) is 46.3 Å². The Balaban J connectivity index is 2.76. The summed E-state index contributed by atoms with van der Waals surface area (Å²) >= 11 is 0. The lowest BCUT2D eigenvalue weighted by Gasteiger charge is -2.14. The van der Waals surface area contributed by atoms with E-state index in [1.807, 2.05) is 0 Å². The number of aliphatic carboxylic acids is 1. The lowest BCUT2D eigenvalue weighted by atomic mass is 10.1. The molecule has 1 amide bonds. The van der Waals surface area contributed by atoms with Crippen LogP contribution in [0.1, 0.15) is 23.2 Å². The number of amides is 1. The molecular formula is C13H15NO7. The second-order valence-electron chi connectivity index (χ2n) is 4.18. The molecule has 0 aliphatic carbocycles. The Hall–Kier alpha value is -2.77. The Kier molecular flexibility index (Phi) is 5.53. The van der Waals surface area contributed by atoms with E-state index in [4.69, 9.17) is 10.2 Å². The third kappa shape index (κ3) is 4.68. The molecule has 8 heteroatoms. The third-order valence-electron chi connectivity index (χ3n) is 2.69. The first-order valence-electron chi connectivity index (χ1n) is 5.97. The molecule has 21 heavy (non-hydrogen) atoms. The highest BCUT2D eigenvalue weighted by molar-refractivity contribution is 5.99. The predicted molar refractivity (Wildman–Crippen MR) is 69.9 cm³/mol. The fourth-order valence-corrected chi connectivity index (χ4v) is 1.57. The van der Waals surface area contributed by atoms with Gasteiger partial charge in [0.05, 0.1) is 12.7 Å². The molecule has 8 nitrogen and oxygen atoms in total. The number of esters is 1. The van der Waals surface area contributed by atoms with E-state index in [0.29, 0.717) is 0 Å². The van der Waals surface area contributed by atoms with Crippen molar-refractivity contribution in [3.63, 3.8) is 0 Å². The number of carboxylic acid groups (broad SMARTS) is 1. The molecule has 4 N–H and O–H groups in total. The van der Waals surface area contributed by atoms with Gasteiger partial charge in [0.1, 0.15) is 17.5 Å². The van der Waals surface area contributed by atoms with Gasteiger partial charge in [-0.1, -0.05) is 0 Å². The topological polar surface area (TPSA) is 133 Å². The molecule has 0 saturated carbocycles. The molecular weight excluding hydrogens is 282 g/mol. The largest absolute Gasteiger partial charge is 0.508 e. The van der Waals surface area contributed by atoms with Gasteiger partial charge in [0.15, 0.2) is 0 Å². The van der Waals surface area contributed by atoms with Crippen LogP contribution < -0.4 is 5.32 Å². The maximum absolute atomic E-state index is 11.9. The molecule has 0 spiro atoms. The number of hydrogen-bond donors (Lipinski definition) is 4. The molecule has 1 unspecified atom stereocenters. The molecule has 114 valence electrons. The number of carbonyl (C=O) groups is 3. The Morgan fingerprint density at radius 1 is 1.29 bits per heavy atom. The molecule has 0 fully saturated rings. The van der Waals surface area contributed by atoms with Crippen LogP contribution in [0.2, 0.25) is 0 Å². The van der Waals surface area contributed by atoms with Gasteiger partial charge in [0.2, 0.25) is 0 Å². The number of methoxy groups -OCH3 is 1. The number of carbonyl (C=O) groups excluding carboxylic acids is 2. The summed E-state index contributed by atoms with van der Waals surface area (Å²) < 4.78 is 4.39. The first-order chi connectivity index (χ1) is 9.85. The molecule has 0 bridgehead atoms. The predicted octanol–water partition coefficient (Wildman–Crippen LogP) is 0.234. The molecule has 0 heterocycles. The lowest BCUT2D eigenvalue weighted by molar-refractivity contribution is -0.142. The molecule has 0 aliphatic heterocycles. The summed E-state index contributed by atoms with van der Waals surface area (Å²) in [5.41, 5.74) is -0.183. The van der Waals surface area contributed by atoms with Crippen molar-refractivity contribution in [1.82, 2.24) is 5.32 Å². The highest BCUT2D eigenvalue weighted by Crippen LogP contribution is 2.22. The number of rotatable bonds is 6. The number of phenolic OH excluding ortho intramolecular Hbond substituents is 2. The average molecular weight is 297 g/mol. The molecule has 0 aliphatic rings. The first kappa shape index (κ1) is 16.3. The second kappa shape index (κ2) is 7.13. The number of ether oxygens (including phenoxy) is 1. The lowest BCUT2D eigenvalue weighted by Crippen LogP contribution is -2.41. The van der Waals surface area contributed by atoms with Crippen LogP contribution in [0.5, 0.6) is 11.5 Å². The van der Waals surface area contributed by atoms with Crippen molar-refractivity contribution in [3.8, 4) is 11.5 Å². The molecule has 1 rings (SSSR count). The number of hydrogen-bond acceptors (Lipinski definition) is 6. The van der Waals surface area contributed by atoms with Gasteiger partial charge >= 0.3 is 11.9 Å². The minimum atomic E-state index is -1.31. The van der Waals surface area contributed by atoms with Gasteiger partial charge in [-0.25, -0.2) is 4.79 Å². The fraction of sp³-hybridized carbons (Fsp3) is 0.308. The van der Waals surface area contributed by atoms with E-state index < -0.39 is 29.6 Å². The van der Waals surface area contributed by atoms with E-state index in [1.165, 1.54) is 13.2 Å². The normalized spacial score (nSPS) is 11.5. The summed E-state index contributed by atoms with van der Waals surface area (Å²) in [5.74, 6) is -3.45. The summed E-state index contributed by atoms with van der Waals surface area (Å²) in [6.45, 7) is 0. The maximum atomic E-state index is 11.9. The van der Waals surface area contributed by atoms with Gasteiger partial charge in [-0.05, 0) is 18.6 Å². The average Bonchev–Trinajstić information content (AvgIpc) is 2.42. The van der Waals surface area contributed by atoms with Crippen molar-refractivity contribution in [3.05, 3.63) is 23.8 Å². The zero-order valence-corrected chi connectivity index (χ0v) is 11.2. The van der Waals surface area contributed by atoms with Gasteiger partial charge in [-0.3, -0.25) is 9.59 Å². The molecule has 1 aromatic rings. The summed E-state index contributed by atoms with van der Waals surface area (Å²) in [4.78, 5) is 33.9. The van der Waals surface area contributed by atoms with Gasteiger partial charge in [-0.2, -0.15) is 0 Å². The van der Waals surface area contributed by atoms with Gasteiger partial charge in [0.25, 0.3) is 5.91 Å². The molecule has 0 radical (unpaired) electrons. The van der Waals surface area contributed by atoms with Crippen molar-refractivity contribution in [2.45, 2.75) is 18.9 Å². The van der Waals surface area contributed by atoms with E-state index in [1.54, 1.807) is 0 Å². The fourth-order valence-electron chi connectivity index (χ4n) is 1.57. The number of benzene rings is 1. The van der Waals surface area contributed by atoms with Crippen molar-refractivity contribution in [1.29, 1.82) is 0 Å². The van der Waals surface area contributed by atoms with Crippen LogP contribution in [0, 0.1) is 0 Å². The Labute approximate surface area is 120 Å². The monoisotopic (exact) mass is 297 g/mol. The van der Waals surface area contributed by atoms with Crippen LogP contribution in [0.25, 0.3) is 0 Å². The SMILES string of the molecule is COC(=O)CCC(NC(=O)c1ccc(O)cc1O)C(=O)O. The zero-order valence-electron chi connectivity index (χ0n) is 11.2. The van der Waals surface area contributed by atoms with E-state index >= 15 is 0 Å². The Morgan fingerprint density at radius 2 is 1.95 bits per heavy atom. The molecule has 0 saturated heterocycles. The summed E-state index contributed by atoms with van der Waals surface area (Å²) in [7, 11) is 1.17. The number of phenols is 2. The maximum Gasteiger partial charge on any atom is 0.326 e. The first-order valence-corrected chi connectivity index (χ1v) is 5.97. The van der Waals surface area contributed by atoms with E-state index in [2.05, 4.69) is 10.1 Å². The van der Waals surface area contributed by atoms with Crippen LogP contribution >= 0.6 is 0 Å². The van der Waals surface area contributed by atoms with E-state index in [0.717, 1.165) is 12.1 Å². The smallest absolute Gasteiger partial charge is 0.326 e. The van der Waals surface area contributed by atoms with Crippen molar-refractivity contribution >= 4 is 17.8 Å². The second-order valence-corrected chi connectivity index (χ2v) is 4.18. The van der Waals surface area contributed by atoms with Crippen LogP contribution in [-0.2, 0) is 14.3 Å². The zero-order chi connectivity index (χ0) is 16.0. The Bertz CT molecular complexity index is 555. The highest BCUT2D eigenvalue weighted by Gasteiger charge is 2.23. The van der Waals surface area contributed by atoms with Crippen molar-refractivity contribution < 1.29 is 34.4 Å². The van der Waals surface area contributed by atoms with Crippen molar-refractivity contribution in [2.24, 2.45) is 0 Å². The van der Waals surface area contributed by atoms with Gasteiger partial charge in [-0.15, -0.1) is 0 Å². The quantitative estimate of drug-likeness (QED) is 0.552. The summed E-state index contributed by atoms with van der Waals surface area (Å²) in [6.07, 6.45) is -0.318. The minimum absolute atomic E-state index is 0.146. The van der Waals surface area contributed by atoms with Crippen LogP contribution in [0.15, 0.2) is 18.2 Å². The summed E-state index contributed by atoms with van der Waals surface area (Å²) in [5, 5.41) is 29.8.